The molecule has 5 amide bonds. The van der Waals surface area contributed by atoms with Crippen molar-refractivity contribution in [2.24, 2.45) is 11.8 Å². The molecule has 2 aliphatic heterocycles. The molecule has 2 aliphatic carbocycles. The Morgan fingerprint density at radius 3 is 2.06 bits per heavy atom. The molecule has 4 atom stereocenters. The molecule has 0 radical (unpaired) electrons. The summed E-state index contributed by atoms with van der Waals surface area (Å²) >= 11 is 0. The quantitative estimate of drug-likeness (QED) is 0.257. The molecule has 2 heterocycles. The maximum absolute atomic E-state index is 14.3. The second kappa shape index (κ2) is 17.7. The molecule has 4 N–H and O–H groups in total. The Morgan fingerprint density at radius 2 is 1.46 bits per heavy atom. The van der Waals surface area contributed by atoms with Crippen LogP contribution in [0.15, 0.2) is 0 Å². The molecule has 0 bridgehead atoms. The van der Waals surface area contributed by atoms with E-state index in [-0.39, 0.29) is 17.6 Å². The predicted octanol–water partition coefficient (Wildman–Crippen LogP) is 4.30. The zero-order valence-corrected chi connectivity index (χ0v) is 31.8. The summed E-state index contributed by atoms with van der Waals surface area (Å²) < 4.78 is 25.7. The van der Waals surface area contributed by atoms with E-state index >= 15 is 0 Å². The van der Waals surface area contributed by atoms with Crippen molar-refractivity contribution >= 4 is 39.4 Å². The zero-order valence-electron chi connectivity index (χ0n) is 30.9. The number of hydrogen-bond acceptors (Lipinski definition) is 7. The fourth-order valence-electron chi connectivity index (χ4n) is 7.80. The average molecular weight is 722 g/mol. The normalized spacial score (nSPS) is 27.5. The van der Waals surface area contributed by atoms with Crippen molar-refractivity contribution in [2.75, 3.05) is 18.8 Å². The van der Waals surface area contributed by atoms with Crippen LogP contribution in [-0.2, 0) is 29.0 Å². The second-order valence-electron chi connectivity index (χ2n) is 16.4. The van der Waals surface area contributed by atoms with Gasteiger partial charge in [0.1, 0.15) is 12.1 Å². The van der Waals surface area contributed by atoms with E-state index in [2.05, 4.69) is 21.3 Å². The van der Waals surface area contributed by atoms with E-state index in [4.69, 9.17) is 0 Å². The standard InChI is InChI=1S/C37H63N5O7S/c1-5-27-20-23-42-30(27)32(44)39-28(31(43)33(45)38-24-26-18-19-26)16-12-9-7-6-8-10-13-17-29(34(42)46)40-35(47)41-37(21-14-11-15-22-37)25-50(48,49)36(2,3)4/h26-30H,5-25H2,1-4H3,(H,38,45)(H,39,44)(H2,40,41,47)/t27-,28-,29-,30-/m0/s1. The number of fused-ring (bicyclic) bond motifs is 1. The summed E-state index contributed by atoms with van der Waals surface area (Å²) in [6.45, 7) is 7.78. The van der Waals surface area contributed by atoms with Crippen molar-refractivity contribution in [1.82, 2.24) is 26.2 Å². The number of hydrogen-bond donors (Lipinski definition) is 4. The molecule has 4 aliphatic rings. The molecule has 0 spiro atoms. The van der Waals surface area contributed by atoms with Gasteiger partial charge in [-0.15, -0.1) is 0 Å². The molecule has 0 aromatic rings. The van der Waals surface area contributed by atoms with E-state index in [1.54, 1.807) is 25.7 Å². The highest BCUT2D eigenvalue weighted by Crippen LogP contribution is 2.33. The molecule has 4 fully saturated rings. The van der Waals surface area contributed by atoms with E-state index in [0.29, 0.717) is 70.4 Å². The third kappa shape index (κ3) is 10.9. The largest absolute Gasteiger partial charge is 0.349 e. The molecule has 0 unspecified atom stereocenters. The molecule has 2 saturated heterocycles. The second-order valence-corrected chi connectivity index (χ2v) is 19.2. The minimum Gasteiger partial charge on any atom is -0.349 e. The first-order chi connectivity index (χ1) is 23.7. The van der Waals surface area contributed by atoms with Crippen molar-refractivity contribution in [2.45, 2.75) is 172 Å². The van der Waals surface area contributed by atoms with Crippen LogP contribution < -0.4 is 21.3 Å². The van der Waals surface area contributed by atoms with Gasteiger partial charge in [-0.05, 0) is 77.6 Å². The summed E-state index contributed by atoms with van der Waals surface area (Å²) in [5.74, 6) is -2.02. The number of sulfone groups is 1. The van der Waals surface area contributed by atoms with Crippen LogP contribution >= 0.6 is 0 Å². The van der Waals surface area contributed by atoms with Gasteiger partial charge in [-0.1, -0.05) is 77.6 Å². The smallest absolute Gasteiger partial charge is 0.315 e. The molecule has 12 nitrogen and oxygen atoms in total. The Bertz CT molecular complexity index is 1320. The van der Waals surface area contributed by atoms with Crippen LogP contribution in [0, 0.1) is 11.8 Å². The molecule has 2 saturated carbocycles. The maximum Gasteiger partial charge on any atom is 0.315 e. The van der Waals surface area contributed by atoms with Gasteiger partial charge >= 0.3 is 6.03 Å². The van der Waals surface area contributed by atoms with Crippen LogP contribution in [-0.4, -0.2) is 90.1 Å². The van der Waals surface area contributed by atoms with E-state index < -0.39 is 61.9 Å². The summed E-state index contributed by atoms with van der Waals surface area (Å²) in [5, 5.41) is 11.6. The number of ketones is 1. The van der Waals surface area contributed by atoms with Gasteiger partial charge in [-0.2, -0.15) is 0 Å². The Labute approximate surface area is 299 Å². The van der Waals surface area contributed by atoms with Crippen LogP contribution in [0.2, 0.25) is 0 Å². The lowest BCUT2D eigenvalue weighted by molar-refractivity contribution is -0.143. The lowest BCUT2D eigenvalue weighted by Crippen LogP contribution is -2.61. The van der Waals surface area contributed by atoms with Gasteiger partial charge in [0.25, 0.3) is 5.91 Å². The zero-order chi connectivity index (χ0) is 36.5. The highest BCUT2D eigenvalue weighted by Gasteiger charge is 2.46. The fourth-order valence-corrected chi connectivity index (χ4v) is 9.33. The monoisotopic (exact) mass is 721 g/mol. The van der Waals surface area contributed by atoms with Crippen LogP contribution in [0.3, 0.4) is 0 Å². The molecule has 284 valence electrons. The van der Waals surface area contributed by atoms with Crippen LogP contribution in [0.5, 0.6) is 0 Å². The fraction of sp³-hybridized carbons (Fsp3) is 0.865. The van der Waals surface area contributed by atoms with Crippen LogP contribution in [0.1, 0.15) is 143 Å². The van der Waals surface area contributed by atoms with Gasteiger partial charge in [-0.25, -0.2) is 13.2 Å². The van der Waals surface area contributed by atoms with E-state index in [1.807, 2.05) is 6.92 Å². The molecule has 4 rings (SSSR count). The van der Waals surface area contributed by atoms with Crippen molar-refractivity contribution in [3.8, 4) is 0 Å². The highest BCUT2D eigenvalue weighted by molar-refractivity contribution is 7.92. The van der Waals surface area contributed by atoms with Gasteiger partial charge in [0.15, 0.2) is 9.84 Å². The number of amides is 5. The van der Waals surface area contributed by atoms with Crippen LogP contribution in [0.25, 0.3) is 0 Å². The molecule has 0 aromatic carbocycles. The van der Waals surface area contributed by atoms with Crippen molar-refractivity contribution in [1.29, 1.82) is 0 Å². The number of rotatable bonds is 9. The topological polar surface area (TPSA) is 171 Å². The van der Waals surface area contributed by atoms with Crippen LogP contribution in [0.4, 0.5) is 4.79 Å². The third-order valence-corrected chi connectivity index (χ3v) is 14.2. The van der Waals surface area contributed by atoms with Crippen molar-refractivity contribution in [3.05, 3.63) is 0 Å². The number of carbonyl (C=O) groups is 5. The number of nitrogens with zero attached hydrogens (tertiary/aromatic N) is 1. The Morgan fingerprint density at radius 1 is 0.860 bits per heavy atom. The third-order valence-electron chi connectivity index (χ3n) is 11.4. The first-order valence-corrected chi connectivity index (χ1v) is 21.1. The minimum absolute atomic E-state index is 0.139. The first-order valence-electron chi connectivity index (χ1n) is 19.4. The summed E-state index contributed by atoms with van der Waals surface area (Å²) in [7, 11) is -3.54. The lowest BCUT2D eigenvalue weighted by atomic mass is 9.83. The maximum atomic E-state index is 14.3. The van der Waals surface area contributed by atoms with E-state index in [1.165, 1.54) is 0 Å². The Balaban J connectivity index is 1.54. The summed E-state index contributed by atoms with van der Waals surface area (Å²) in [6, 6.07) is -3.28. The number of Topliss-reactive ketones (excluding diaryl/α,β-unsaturated/α-hetero) is 1. The minimum atomic E-state index is -3.54. The van der Waals surface area contributed by atoms with Gasteiger partial charge < -0.3 is 26.2 Å². The molecule has 13 heteroatoms. The SMILES string of the molecule is CC[C@H]1CCN2C(=O)[C@@H](NC(=O)NC3(CS(=O)(=O)C(C)(C)C)CCCCC3)CCCCCCCCC[C@@H](C(=O)C(=O)NCC3CC3)NC(=O)[C@H]12. The Hall–Kier alpha value is -2.70. The van der Waals surface area contributed by atoms with Gasteiger partial charge in [0.2, 0.25) is 17.6 Å². The van der Waals surface area contributed by atoms with Gasteiger partial charge in [0, 0.05) is 13.1 Å². The van der Waals surface area contributed by atoms with Crippen molar-refractivity contribution < 1.29 is 32.4 Å². The first kappa shape index (κ1) is 40.1. The van der Waals surface area contributed by atoms with Gasteiger partial charge in [0.05, 0.1) is 22.1 Å². The summed E-state index contributed by atoms with van der Waals surface area (Å²) in [6.07, 6.45) is 13.8. The Kier molecular flexibility index (Phi) is 14.2. The van der Waals surface area contributed by atoms with E-state index in [9.17, 15) is 32.4 Å². The molecular weight excluding hydrogens is 659 g/mol. The summed E-state index contributed by atoms with van der Waals surface area (Å²) in [5.41, 5.74) is -0.925. The summed E-state index contributed by atoms with van der Waals surface area (Å²) in [4.78, 5) is 69.8. The molecule has 0 aromatic heterocycles. The number of nitrogens with one attached hydrogen (secondary N) is 4. The number of carbonyl (C=O) groups excluding carboxylic acids is 5. The predicted molar refractivity (Wildman–Crippen MR) is 193 cm³/mol. The van der Waals surface area contributed by atoms with E-state index in [0.717, 1.165) is 64.2 Å². The van der Waals surface area contributed by atoms with Gasteiger partial charge in [-0.3, -0.25) is 19.2 Å². The van der Waals surface area contributed by atoms with Crippen molar-refractivity contribution in [3.63, 3.8) is 0 Å². The average Bonchev–Trinajstić information content (AvgIpc) is 3.79. The molecule has 50 heavy (non-hydrogen) atoms. The highest BCUT2D eigenvalue weighted by atomic mass is 32.2. The lowest BCUT2D eigenvalue weighted by Gasteiger charge is -2.40. The molecular formula is C37H63N5O7S. The number of urea groups is 1.